The number of piperidine rings is 1. The number of rotatable bonds is 2. The molecule has 1 saturated carbocycles. The third kappa shape index (κ3) is 4.24. The van der Waals surface area contributed by atoms with Crippen LogP contribution in [0.1, 0.15) is 57.1 Å². The lowest BCUT2D eigenvalue weighted by molar-refractivity contribution is -0.140. The number of halogens is 2. The Hall–Kier alpha value is -0.780. The zero-order valence-corrected chi connectivity index (χ0v) is 16.2. The molecule has 3 rings (SSSR count). The molecular weight excluding hydrogens is 347 g/mol. The van der Waals surface area contributed by atoms with Gasteiger partial charge in [-0.25, -0.2) is 0 Å². The van der Waals surface area contributed by atoms with Crippen LogP contribution in [0.2, 0.25) is 0 Å². The van der Waals surface area contributed by atoms with Crippen molar-refractivity contribution in [3.63, 3.8) is 0 Å². The maximum Gasteiger partial charge on any atom is 0.227 e. The average molecular weight is 377 g/mol. The van der Waals surface area contributed by atoms with E-state index in [1.807, 2.05) is 22.8 Å². The van der Waals surface area contributed by atoms with Crippen LogP contribution in [-0.4, -0.2) is 39.2 Å². The fourth-order valence-corrected chi connectivity index (χ4v) is 4.16. The molecule has 24 heavy (non-hydrogen) atoms. The van der Waals surface area contributed by atoms with Crippen LogP contribution in [0, 0.1) is 5.92 Å². The van der Waals surface area contributed by atoms with Gasteiger partial charge in [0.05, 0.1) is 5.92 Å². The molecule has 1 aliphatic heterocycles. The van der Waals surface area contributed by atoms with Crippen LogP contribution in [0.4, 0.5) is 0 Å². The monoisotopic (exact) mass is 376 g/mol. The SMILES string of the molecule is Cl.Cl.Cn1nccc1C1CCN(C(=O)C2CCCCC2(C)N)CC1. The molecule has 2 unspecified atom stereocenters. The highest BCUT2D eigenvalue weighted by Crippen LogP contribution is 2.35. The minimum Gasteiger partial charge on any atom is -0.342 e. The molecule has 0 spiro atoms. The van der Waals surface area contributed by atoms with E-state index in [4.69, 9.17) is 5.73 Å². The third-order valence-electron chi connectivity index (χ3n) is 5.64. The highest BCUT2D eigenvalue weighted by molar-refractivity contribution is 5.85. The van der Waals surface area contributed by atoms with Crippen LogP contribution in [0.3, 0.4) is 0 Å². The molecule has 2 heterocycles. The van der Waals surface area contributed by atoms with Crippen molar-refractivity contribution in [1.29, 1.82) is 0 Å². The predicted molar refractivity (Wildman–Crippen MR) is 101 cm³/mol. The average Bonchev–Trinajstić information content (AvgIpc) is 2.92. The summed E-state index contributed by atoms with van der Waals surface area (Å²) < 4.78 is 1.96. The summed E-state index contributed by atoms with van der Waals surface area (Å²) in [7, 11) is 1.99. The van der Waals surface area contributed by atoms with E-state index in [-0.39, 0.29) is 42.2 Å². The summed E-state index contributed by atoms with van der Waals surface area (Å²) >= 11 is 0. The number of amides is 1. The molecule has 0 aromatic carbocycles. The summed E-state index contributed by atoms with van der Waals surface area (Å²) in [4.78, 5) is 14.9. The van der Waals surface area contributed by atoms with Crippen molar-refractivity contribution < 1.29 is 4.79 Å². The maximum absolute atomic E-state index is 12.9. The van der Waals surface area contributed by atoms with E-state index in [2.05, 4.69) is 18.1 Å². The van der Waals surface area contributed by atoms with Gasteiger partial charge in [0, 0.05) is 43.5 Å². The Morgan fingerprint density at radius 2 is 1.92 bits per heavy atom. The molecule has 0 bridgehead atoms. The van der Waals surface area contributed by atoms with Crippen molar-refractivity contribution in [2.45, 2.75) is 56.9 Å². The van der Waals surface area contributed by atoms with Crippen LogP contribution in [0.5, 0.6) is 0 Å². The van der Waals surface area contributed by atoms with E-state index in [0.717, 1.165) is 51.6 Å². The van der Waals surface area contributed by atoms with E-state index in [0.29, 0.717) is 5.92 Å². The van der Waals surface area contributed by atoms with Crippen LogP contribution < -0.4 is 5.73 Å². The first-order chi connectivity index (χ1) is 10.5. The lowest BCUT2D eigenvalue weighted by atomic mass is 9.73. The van der Waals surface area contributed by atoms with E-state index >= 15 is 0 Å². The first-order valence-corrected chi connectivity index (χ1v) is 8.54. The first-order valence-electron chi connectivity index (χ1n) is 8.54. The Balaban J connectivity index is 0.00000144. The third-order valence-corrected chi connectivity index (χ3v) is 5.64. The number of carbonyl (C=O) groups excluding carboxylic acids is 1. The van der Waals surface area contributed by atoms with Crippen LogP contribution >= 0.6 is 24.8 Å². The molecule has 2 N–H and O–H groups in total. The summed E-state index contributed by atoms with van der Waals surface area (Å²) in [5, 5.41) is 4.26. The molecule has 5 nitrogen and oxygen atoms in total. The Morgan fingerprint density at radius 1 is 1.25 bits per heavy atom. The molecule has 1 aromatic rings. The van der Waals surface area contributed by atoms with Crippen LogP contribution in [0.25, 0.3) is 0 Å². The van der Waals surface area contributed by atoms with Crippen molar-refractivity contribution in [2.75, 3.05) is 13.1 Å². The number of nitrogens with two attached hydrogens (primary N) is 1. The number of aromatic nitrogens is 2. The highest BCUT2D eigenvalue weighted by atomic mass is 35.5. The highest BCUT2D eigenvalue weighted by Gasteiger charge is 2.40. The molecule has 1 amide bonds. The molecule has 0 radical (unpaired) electrons. The van der Waals surface area contributed by atoms with Gasteiger partial charge in [-0.3, -0.25) is 9.48 Å². The Labute approximate surface area is 157 Å². The second kappa shape index (κ2) is 8.54. The number of hydrogen-bond acceptors (Lipinski definition) is 3. The molecule has 1 aromatic heterocycles. The number of carbonyl (C=O) groups is 1. The minimum atomic E-state index is -0.325. The van der Waals surface area contributed by atoms with Gasteiger partial charge in [-0.2, -0.15) is 5.10 Å². The fraction of sp³-hybridized carbons (Fsp3) is 0.765. The van der Waals surface area contributed by atoms with E-state index in [1.165, 1.54) is 5.69 Å². The molecule has 1 saturated heterocycles. The Morgan fingerprint density at radius 3 is 2.46 bits per heavy atom. The van der Waals surface area contributed by atoms with Gasteiger partial charge < -0.3 is 10.6 Å². The van der Waals surface area contributed by atoms with Gasteiger partial charge in [-0.05, 0) is 38.7 Å². The number of nitrogens with zero attached hydrogens (tertiary/aromatic N) is 3. The molecular formula is C17H30Cl2N4O. The van der Waals surface area contributed by atoms with Crippen molar-refractivity contribution in [2.24, 2.45) is 18.7 Å². The van der Waals surface area contributed by atoms with Gasteiger partial charge in [-0.15, -0.1) is 24.8 Å². The first kappa shape index (κ1) is 21.3. The molecule has 2 atom stereocenters. The molecule has 1 aliphatic carbocycles. The van der Waals surface area contributed by atoms with Crippen LogP contribution in [-0.2, 0) is 11.8 Å². The maximum atomic E-state index is 12.9. The summed E-state index contributed by atoms with van der Waals surface area (Å²) in [6, 6.07) is 2.10. The summed E-state index contributed by atoms with van der Waals surface area (Å²) in [5.41, 5.74) is 7.36. The van der Waals surface area contributed by atoms with E-state index < -0.39 is 0 Å². The van der Waals surface area contributed by atoms with Crippen molar-refractivity contribution in [1.82, 2.24) is 14.7 Å². The lowest BCUT2D eigenvalue weighted by Crippen LogP contribution is -2.54. The summed E-state index contributed by atoms with van der Waals surface area (Å²) in [6.45, 7) is 3.75. The van der Waals surface area contributed by atoms with E-state index in [9.17, 15) is 4.79 Å². The summed E-state index contributed by atoms with van der Waals surface area (Å²) in [6.07, 6.45) is 8.11. The minimum absolute atomic E-state index is 0. The van der Waals surface area contributed by atoms with Gasteiger partial charge in [0.25, 0.3) is 0 Å². The number of aryl methyl sites for hydroxylation is 1. The van der Waals surface area contributed by atoms with Gasteiger partial charge in [-0.1, -0.05) is 12.8 Å². The molecule has 2 fully saturated rings. The molecule has 7 heteroatoms. The van der Waals surface area contributed by atoms with Gasteiger partial charge in [0.1, 0.15) is 0 Å². The van der Waals surface area contributed by atoms with Crippen molar-refractivity contribution in [3.05, 3.63) is 18.0 Å². The summed E-state index contributed by atoms with van der Waals surface area (Å²) in [5.74, 6) is 0.815. The Bertz CT molecular complexity index is 538. The largest absolute Gasteiger partial charge is 0.342 e. The molecule has 2 aliphatic rings. The zero-order chi connectivity index (χ0) is 15.7. The van der Waals surface area contributed by atoms with Crippen molar-refractivity contribution >= 4 is 30.7 Å². The van der Waals surface area contributed by atoms with E-state index in [1.54, 1.807) is 0 Å². The predicted octanol–water partition coefficient (Wildman–Crippen LogP) is 2.88. The van der Waals surface area contributed by atoms with Gasteiger partial charge in [0.15, 0.2) is 0 Å². The topological polar surface area (TPSA) is 64.2 Å². The van der Waals surface area contributed by atoms with Gasteiger partial charge >= 0.3 is 0 Å². The van der Waals surface area contributed by atoms with Crippen molar-refractivity contribution in [3.8, 4) is 0 Å². The number of hydrogen-bond donors (Lipinski definition) is 1. The molecule has 138 valence electrons. The second-order valence-corrected chi connectivity index (χ2v) is 7.28. The smallest absolute Gasteiger partial charge is 0.227 e. The normalized spacial score (nSPS) is 28.0. The van der Waals surface area contributed by atoms with Crippen LogP contribution in [0.15, 0.2) is 12.3 Å². The standard InChI is InChI=1S/C17H28N4O.2ClH/c1-17(18)9-4-3-5-14(17)16(22)21-11-7-13(8-12-21)15-6-10-19-20(15)2;;/h6,10,13-14H,3-5,7-9,11-12,18H2,1-2H3;2*1H. The second-order valence-electron chi connectivity index (χ2n) is 7.28. The van der Waals surface area contributed by atoms with Gasteiger partial charge in [0.2, 0.25) is 5.91 Å². The fourth-order valence-electron chi connectivity index (χ4n) is 4.16. The quantitative estimate of drug-likeness (QED) is 0.862. The lowest BCUT2D eigenvalue weighted by Gasteiger charge is -2.41. The Kier molecular flexibility index (Phi) is 7.57. The zero-order valence-electron chi connectivity index (χ0n) is 14.6. The number of likely N-dealkylation sites (tertiary alicyclic amines) is 1.